The predicted molar refractivity (Wildman–Crippen MR) is 77.8 cm³/mol. The van der Waals surface area contributed by atoms with E-state index in [0.29, 0.717) is 5.56 Å². The van der Waals surface area contributed by atoms with Crippen LogP contribution in [0.25, 0.3) is 0 Å². The summed E-state index contributed by atoms with van der Waals surface area (Å²) in [6.45, 7) is 4.85. The largest absolute Gasteiger partial charge is 0.467 e. The van der Waals surface area contributed by atoms with Gasteiger partial charge in [0.25, 0.3) is 5.91 Å². The van der Waals surface area contributed by atoms with Crippen molar-refractivity contribution >= 4 is 24.3 Å². The highest BCUT2D eigenvalue weighted by molar-refractivity contribution is 5.98. The Labute approximate surface area is 124 Å². The van der Waals surface area contributed by atoms with Gasteiger partial charge in [0.2, 0.25) is 0 Å². The molecule has 0 fully saturated rings. The van der Waals surface area contributed by atoms with E-state index in [1.54, 1.807) is 19.9 Å². The fourth-order valence-corrected chi connectivity index (χ4v) is 2.10. The van der Waals surface area contributed by atoms with Crippen molar-refractivity contribution in [2.24, 2.45) is 0 Å². The summed E-state index contributed by atoms with van der Waals surface area (Å²) in [6, 6.07) is 5.57. The number of esters is 1. The normalized spacial score (nSPS) is 13.2. The van der Waals surface area contributed by atoms with Gasteiger partial charge in [-0.15, -0.1) is 12.4 Å². The van der Waals surface area contributed by atoms with Gasteiger partial charge in [0, 0.05) is 18.7 Å². The van der Waals surface area contributed by atoms with Crippen LogP contribution in [0.15, 0.2) is 18.2 Å². The molecule has 0 spiro atoms. The lowest BCUT2D eigenvalue weighted by Gasteiger charge is -2.23. The summed E-state index contributed by atoms with van der Waals surface area (Å²) in [5.41, 5.74) is 1.86. The molecule has 1 heterocycles. The summed E-state index contributed by atoms with van der Waals surface area (Å²) >= 11 is 0. The van der Waals surface area contributed by atoms with E-state index in [4.69, 9.17) is 0 Å². The van der Waals surface area contributed by atoms with E-state index in [-0.39, 0.29) is 18.3 Å². The third kappa shape index (κ3) is 3.29. The Bertz CT molecular complexity index is 529. The number of hydrogen-bond acceptors (Lipinski definition) is 4. The van der Waals surface area contributed by atoms with Crippen molar-refractivity contribution in [2.75, 3.05) is 7.11 Å². The Morgan fingerprint density at radius 3 is 2.55 bits per heavy atom. The molecular formula is C14H19ClN2O3. The monoisotopic (exact) mass is 298 g/mol. The lowest BCUT2D eigenvalue weighted by molar-refractivity contribution is -0.146. The molecule has 0 aromatic heterocycles. The minimum Gasteiger partial charge on any atom is -0.467 e. The Balaban J connectivity index is 0.00000200. The number of hydrogen-bond donors (Lipinski definition) is 2. The number of carbonyl (C=O) groups is 2. The number of carbonyl (C=O) groups excluding carboxylic acids is 2. The summed E-state index contributed by atoms with van der Waals surface area (Å²) < 4.78 is 4.66. The van der Waals surface area contributed by atoms with E-state index in [9.17, 15) is 9.59 Å². The molecule has 2 rings (SSSR count). The smallest absolute Gasteiger partial charge is 0.330 e. The third-order valence-electron chi connectivity index (χ3n) is 3.22. The van der Waals surface area contributed by atoms with E-state index >= 15 is 0 Å². The van der Waals surface area contributed by atoms with Crippen LogP contribution in [-0.4, -0.2) is 24.5 Å². The molecule has 0 bridgehead atoms. The van der Waals surface area contributed by atoms with Crippen LogP contribution in [0.1, 0.15) is 35.3 Å². The van der Waals surface area contributed by atoms with Crippen LogP contribution >= 0.6 is 12.4 Å². The molecule has 0 aliphatic carbocycles. The van der Waals surface area contributed by atoms with E-state index in [1.165, 1.54) is 12.7 Å². The zero-order valence-electron chi connectivity index (χ0n) is 11.8. The lowest BCUT2D eigenvalue weighted by atomic mass is 10.0. The first-order valence-corrected chi connectivity index (χ1v) is 6.17. The Kier molecular flexibility index (Phi) is 5.14. The highest BCUT2D eigenvalue weighted by atomic mass is 35.5. The Morgan fingerprint density at radius 1 is 1.25 bits per heavy atom. The molecule has 2 N–H and O–H groups in total. The van der Waals surface area contributed by atoms with Crippen LogP contribution in [-0.2, 0) is 22.6 Å². The third-order valence-corrected chi connectivity index (χ3v) is 3.22. The number of methoxy groups -OCH3 is 1. The van der Waals surface area contributed by atoms with Gasteiger partial charge in [-0.05, 0) is 37.1 Å². The van der Waals surface area contributed by atoms with Crippen LogP contribution in [0.4, 0.5) is 0 Å². The zero-order chi connectivity index (χ0) is 14.0. The standard InChI is InChI=1S/C14H18N2O3.ClH/c1-14(2,13(18)19-3)16-12(17)9-4-5-10-7-15-8-11(10)6-9;/h4-6,15H,7-8H2,1-3H3,(H,16,17);1H. The summed E-state index contributed by atoms with van der Waals surface area (Å²) in [7, 11) is 1.30. The van der Waals surface area contributed by atoms with Crippen molar-refractivity contribution in [3.63, 3.8) is 0 Å². The molecule has 1 aromatic rings. The number of nitrogens with one attached hydrogen (secondary N) is 2. The summed E-state index contributed by atoms with van der Waals surface area (Å²) in [4.78, 5) is 23.7. The second-order valence-electron chi connectivity index (χ2n) is 5.16. The van der Waals surface area contributed by atoms with Crippen LogP contribution in [0.2, 0.25) is 0 Å². The van der Waals surface area contributed by atoms with Gasteiger partial charge in [0.15, 0.2) is 0 Å². The van der Waals surface area contributed by atoms with Crippen molar-refractivity contribution < 1.29 is 14.3 Å². The first-order chi connectivity index (χ1) is 8.94. The quantitative estimate of drug-likeness (QED) is 0.828. The molecule has 0 atom stereocenters. The fraction of sp³-hybridized carbons (Fsp3) is 0.429. The predicted octanol–water partition coefficient (Wildman–Crippen LogP) is 1.39. The number of benzene rings is 1. The van der Waals surface area contributed by atoms with Gasteiger partial charge in [-0.2, -0.15) is 0 Å². The van der Waals surface area contributed by atoms with Gasteiger partial charge in [0.05, 0.1) is 7.11 Å². The molecule has 0 saturated heterocycles. The summed E-state index contributed by atoms with van der Waals surface area (Å²) in [6.07, 6.45) is 0. The van der Waals surface area contributed by atoms with Gasteiger partial charge in [-0.25, -0.2) is 4.79 Å². The maximum Gasteiger partial charge on any atom is 0.330 e. The molecule has 6 heteroatoms. The zero-order valence-corrected chi connectivity index (χ0v) is 12.6. The van der Waals surface area contributed by atoms with Crippen molar-refractivity contribution in [1.82, 2.24) is 10.6 Å². The van der Waals surface area contributed by atoms with Crippen molar-refractivity contribution in [1.29, 1.82) is 0 Å². The van der Waals surface area contributed by atoms with E-state index in [1.807, 2.05) is 12.1 Å². The number of ether oxygens (including phenoxy) is 1. The second kappa shape index (κ2) is 6.24. The number of fused-ring (bicyclic) bond motifs is 1. The first-order valence-electron chi connectivity index (χ1n) is 6.17. The van der Waals surface area contributed by atoms with Crippen molar-refractivity contribution in [3.05, 3.63) is 34.9 Å². The molecule has 1 amide bonds. The average molecular weight is 299 g/mol. The molecule has 110 valence electrons. The van der Waals surface area contributed by atoms with Crippen molar-refractivity contribution in [2.45, 2.75) is 32.5 Å². The molecule has 1 aliphatic rings. The van der Waals surface area contributed by atoms with Crippen molar-refractivity contribution in [3.8, 4) is 0 Å². The lowest BCUT2D eigenvalue weighted by Crippen LogP contribution is -2.50. The first kappa shape index (κ1) is 16.5. The topological polar surface area (TPSA) is 67.4 Å². The molecule has 0 radical (unpaired) electrons. The highest BCUT2D eigenvalue weighted by Gasteiger charge is 2.31. The number of amides is 1. The second-order valence-corrected chi connectivity index (χ2v) is 5.16. The van der Waals surface area contributed by atoms with Crippen LogP contribution in [0.3, 0.4) is 0 Å². The molecule has 1 aliphatic heterocycles. The van der Waals surface area contributed by atoms with Gasteiger partial charge in [0.1, 0.15) is 5.54 Å². The van der Waals surface area contributed by atoms with Crippen LogP contribution in [0, 0.1) is 0 Å². The SMILES string of the molecule is COC(=O)C(C)(C)NC(=O)c1ccc2c(c1)CNC2.Cl. The van der Waals surface area contributed by atoms with Gasteiger partial charge < -0.3 is 15.4 Å². The molecule has 20 heavy (non-hydrogen) atoms. The highest BCUT2D eigenvalue weighted by Crippen LogP contribution is 2.17. The molecule has 1 aromatic carbocycles. The summed E-state index contributed by atoms with van der Waals surface area (Å²) in [5, 5.41) is 5.90. The van der Waals surface area contributed by atoms with E-state index < -0.39 is 11.5 Å². The van der Waals surface area contributed by atoms with Gasteiger partial charge in [-0.3, -0.25) is 4.79 Å². The molecule has 5 nitrogen and oxygen atoms in total. The van der Waals surface area contributed by atoms with E-state index in [2.05, 4.69) is 15.4 Å². The van der Waals surface area contributed by atoms with Gasteiger partial charge >= 0.3 is 5.97 Å². The minimum absolute atomic E-state index is 0. The Hall–Kier alpha value is -1.59. The maximum atomic E-state index is 12.1. The average Bonchev–Trinajstić information content (AvgIpc) is 2.84. The number of halogens is 1. The Morgan fingerprint density at radius 2 is 1.90 bits per heavy atom. The molecule has 0 saturated carbocycles. The number of rotatable bonds is 3. The van der Waals surface area contributed by atoms with E-state index in [0.717, 1.165) is 18.7 Å². The van der Waals surface area contributed by atoms with Crippen LogP contribution in [0.5, 0.6) is 0 Å². The van der Waals surface area contributed by atoms with Gasteiger partial charge in [-0.1, -0.05) is 6.07 Å². The minimum atomic E-state index is -1.04. The molecular weight excluding hydrogens is 280 g/mol. The fourth-order valence-electron chi connectivity index (χ4n) is 2.10. The summed E-state index contributed by atoms with van der Waals surface area (Å²) in [5.74, 6) is -0.742. The van der Waals surface area contributed by atoms with Crippen LogP contribution < -0.4 is 10.6 Å². The maximum absolute atomic E-state index is 12.1. The molecule has 0 unspecified atom stereocenters.